The van der Waals surface area contributed by atoms with Crippen molar-refractivity contribution < 1.29 is 0 Å². The highest BCUT2D eigenvalue weighted by molar-refractivity contribution is 5.34. The average Bonchev–Trinajstić information content (AvgIpc) is 2.66. The molecule has 0 unspecified atom stereocenters. The van der Waals surface area contributed by atoms with E-state index in [9.17, 15) is 0 Å². The lowest BCUT2D eigenvalue weighted by Gasteiger charge is -2.13. The first-order valence-electron chi connectivity index (χ1n) is 5.14. The van der Waals surface area contributed by atoms with Crippen LogP contribution in [0, 0.1) is 0 Å². The van der Waals surface area contributed by atoms with E-state index in [0.717, 1.165) is 6.54 Å². The second kappa shape index (κ2) is 4.32. The molecule has 0 aliphatic heterocycles. The van der Waals surface area contributed by atoms with E-state index < -0.39 is 0 Å². The number of nitrogens with zero attached hydrogens (tertiary/aromatic N) is 2. The third-order valence-electron chi connectivity index (χ3n) is 2.35. The van der Waals surface area contributed by atoms with Crippen LogP contribution in [0.5, 0.6) is 0 Å². The lowest BCUT2D eigenvalue weighted by Crippen LogP contribution is -2.13. The van der Waals surface area contributed by atoms with Crippen molar-refractivity contribution in [2.75, 3.05) is 14.1 Å². The molecular formula is C13H16N2. The van der Waals surface area contributed by atoms with Gasteiger partial charge in [0.25, 0.3) is 0 Å². The summed E-state index contributed by atoms with van der Waals surface area (Å²) in [6.45, 7) is 0.960. The van der Waals surface area contributed by atoms with Crippen LogP contribution in [-0.4, -0.2) is 23.6 Å². The lowest BCUT2D eigenvalue weighted by molar-refractivity contribution is 0.394. The molecule has 1 aromatic carbocycles. The molecule has 2 rings (SSSR count). The van der Waals surface area contributed by atoms with Crippen molar-refractivity contribution in [3.05, 3.63) is 54.4 Å². The van der Waals surface area contributed by atoms with Crippen molar-refractivity contribution in [2.45, 2.75) is 6.54 Å². The Morgan fingerprint density at radius 2 is 1.73 bits per heavy atom. The highest BCUT2D eigenvalue weighted by atomic mass is 15.1. The molecule has 0 bridgehead atoms. The van der Waals surface area contributed by atoms with Gasteiger partial charge in [0.15, 0.2) is 0 Å². The summed E-state index contributed by atoms with van der Waals surface area (Å²) in [5, 5.41) is 0. The van der Waals surface area contributed by atoms with Crippen molar-refractivity contribution in [3.8, 4) is 5.69 Å². The summed E-state index contributed by atoms with van der Waals surface area (Å²) in [5.41, 5.74) is 2.53. The molecule has 1 aromatic heterocycles. The van der Waals surface area contributed by atoms with Crippen LogP contribution in [0.2, 0.25) is 0 Å². The Kier molecular flexibility index (Phi) is 2.88. The summed E-state index contributed by atoms with van der Waals surface area (Å²) in [5.74, 6) is 0. The lowest BCUT2D eigenvalue weighted by atomic mass is 10.3. The second-order valence-corrected chi connectivity index (χ2v) is 3.94. The largest absolute Gasteiger partial charge is 0.320 e. The van der Waals surface area contributed by atoms with Crippen molar-refractivity contribution in [3.63, 3.8) is 0 Å². The molecule has 0 aliphatic rings. The van der Waals surface area contributed by atoms with E-state index in [0.29, 0.717) is 0 Å². The van der Waals surface area contributed by atoms with Gasteiger partial charge in [0, 0.05) is 24.1 Å². The number of aromatic nitrogens is 1. The topological polar surface area (TPSA) is 8.17 Å². The van der Waals surface area contributed by atoms with Crippen molar-refractivity contribution in [2.24, 2.45) is 0 Å². The third-order valence-corrected chi connectivity index (χ3v) is 2.35. The Bertz CT molecular complexity index is 415. The summed E-state index contributed by atoms with van der Waals surface area (Å²) in [6, 6.07) is 14.7. The molecule has 0 atom stereocenters. The van der Waals surface area contributed by atoms with Crippen LogP contribution >= 0.6 is 0 Å². The Morgan fingerprint density at radius 1 is 1.00 bits per heavy atom. The summed E-state index contributed by atoms with van der Waals surface area (Å²) >= 11 is 0. The van der Waals surface area contributed by atoms with Crippen LogP contribution < -0.4 is 0 Å². The molecule has 78 valence electrons. The van der Waals surface area contributed by atoms with Gasteiger partial charge in [-0.25, -0.2) is 0 Å². The molecule has 2 nitrogen and oxygen atoms in total. The van der Waals surface area contributed by atoms with Crippen LogP contribution in [0.1, 0.15) is 5.69 Å². The summed E-state index contributed by atoms with van der Waals surface area (Å²) in [7, 11) is 4.17. The van der Waals surface area contributed by atoms with Crippen LogP contribution in [0.25, 0.3) is 5.69 Å². The zero-order valence-electron chi connectivity index (χ0n) is 9.22. The fourth-order valence-corrected chi connectivity index (χ4v) is 1.71. The minimum atomic E-state index is 0.960. The van der Waals surface area contributed by atoms with Crippen LogP contribution in [0.15, 0.2) is 48.7 Å². The van der Waals surface area contributed by atoms with Crippen molar-refractivity contribution in [1.82, 2.24) is 9.47 Å². The zero-order chi connectivity index (χ0) is 10.7. The number of rotatable bonds is 3. The number of benzene rings is 1. The number of para-hydroxylation sites is 1. The van der Waals surface area contributed by atoms with E-state index in [1.165, 1.54) is 11.4 Å². The molecule has 0 spiro atoms. The third kappa shape index (κ3) is 2.28. The Morgan fingerprint density at radius 3 is 2.40 bits per heavy atom. The fourth-order valence-electron chi connectivity index (χ4n) is 1.71. The molecule has 0 aliphatic carbocycles. The van der Waals surface area contributed by atoms with Gasteiger partial charge in [0.2, 0.25) is 0 Å². The van der Waals surface area contributed by atoms with E-state index in [4.69, 9.17) is 0 Å². The van der Waals surface area contributed by atoms with E-state index in [1.807, 2.05) is 6.07 Å². The number of hydrogen-bond acceptors (Lipinski definition) is 1. The smallest absolute Gasteiger partial charge is 0.0452 e. The molecule has 0 saturated heterocycles. The van der Waals surface area contributed by atoms with Gasteiger partial charge in [0.1, 0.15) is 0 Å². The minimum absolute atomic E-state index is 0.960. The van der Waals surface area contributed by atoms with E-state index in [1.54, 1.807) is 0 Å². The maximum Gasteiger partial charge on any atom is 0.0452 e. The highest BCUT2D eigenvalue weighted by Crippen LogP contribution is 2.13. The second-order valence-electron chi connectivity index (χ2n) is 3.94. The molecule has 0 N–H and O–H groups in total. The SMILES string of the molecule is CN(C)Cc1cccn1-c1ccccc1. The monoisotopic (exact) mass is 200 g/mol. The minimum Gasteiger partial charge on any atom is -0.320 e. The van der Waals surface area contributed by atoms with Gasteiger partial charge in [-0.05, 0) is 38.4 Å². The fraction of sp³-hybridized carbons (Fsp3) is 0.231. The summed E-state index contributed by atoms with van der Waals surface area (Å²) in [6.07, 6.45) is 2.11. The predicted octanol–water partition coefficient (Wildman–Crippen LogP) is 2.54. The van der Waals surface area contributed by atoms with Gasteiger partial charge in [-0.1, -0.05) is 18.2 Å². The van der Waals surface area contributed by atoms with Gasteiger partial charge < -0.3 is 9.47 Å². The summed E-state index contributed by atoms with van der Waals surface area (Å²) in [4.78, 5) is 2.18. The molecule has 2 heteroatoms. The number of hydrogen-bond donors (Lipinski definition) is 0. The first-order chi connectivity index (χ1) is 7.27. The maximum absolute atomic E-state index is 2.22. The van der Waals surface area contributed by atoms with E-state index in [-0.39, 0.29) is 0 Å². The quantitative estimate of drug-likeness (QED) is 0.739. The van der Waals surface area contributed by atoms with Gasteiger partial charge >= 0.3 is 0 Å². The average molecular weight is 200 g/mol. The molecular weight excluding hydrogens is 184 g/mol. The van der Waals surface area contributed by atoms with Gasteiger partial charge in [-0.15, -0.1) is 0 Å². The van der Waals surface area contributed by atoms with E-state index in [2.05, 4.69) is 66.2 Å². The highest BCUT2D eigenvalue weighted by Gasteiger charge is 2.02. The normalized spacial score (nSPS) is 10.9. The molecule has 0 amide bonds. The van der Waals surface area contributed by atoms with Gasteiger partial charge in [-0.2, -0.15) is 0 Å². The molecule has 2 aromatic rings. The van der Waals surface area contributed by atoms with Gasteiger partial charge in [-0.3, -0.25) is 0 Å². The van der Waals surface area contributed by atoms with Gasteiger partial charge in [0.05, 0.1) is 0 Å². The first kappa shape index (κ1) is 9.99. The van der Waals surface area contributed by atoms with Crippen LogP contribution in [0.4, 0.5) is 0 Å². The van der Waals surface area contributed by atoms with Crippen molar-refractivity contribution in [1.29, 1.82) is 0 Å². The standard InChI is InChI=1S/C13H16N2/c1-14(2)11-13-9-6-10-15(13)12-7-4-3-5-8-12/h3-10H,11H2,1-2H3. The summed E-state index contributed by atoms with van der Waals surface area (Å²) < 4.78 is 2.22. The van der Waals surface area contributed by atoms with E-state index >= 15 is 0 Å². The van der Waals surface area contributed by atoms with Crippen LogP contribution in [0.3, 0.4) is 0 Å². The zero-order valence-corrected chi connectivity index (χ0v) is 9.22. The first-order valence-corrected chi connectivity index (χ1v) is 5.14. The molecule has 0 radical (unpaired) electrons. The molecule has 0 fully saturated rings. The molecule has 1 heterocycles. The molecule has 15 heavy (non-hydrogen) atoms. The van der Waals surface area contributed by atoms with Crippen LogP contribution in [-0.2, 0) is 6.54 Å². The molecule has 0 saturated carbocycles. The predicted molar refractivity (Wildman–Crippen MR) is 63.2 cm³/mol. The maximum atomic E-state index is 2.22. The Hall–Kier alpha value is -1.54. The Labute approximate surface area is 90.8 Å². The Balaban J connectivity index is 2.33. The van der Waals surface area contributed by atoms with Crippen molar-refractivity contribution >= 4 is 0 Å².